The molecular weight excluding hydrogens is 348 g/mol. The van der Waals surface area contributed by atoms with Crippen molar-refractivity contribution in [3.05, 3.63) is 0 Å². The molecule has 0 aromatic carbocycles. The molecule has 0 radical (unpaired) electrons. The van der Waals surface area contributed by atoms with Gasteiger partial charge in [0.15, 0.2) is 0 Å². The van der Waals surface area contributed by atoms with Crippen molar-refractivity contribution in [2.45, 2.75) is 50.3 Å². The summed E-state index contributed by atoms with van der Waals surface area (Å²) in [5.74, 6) is -0.0912. The van der Waals surface area contributed by atoms with Crippen molar-refractivity contribution < 1.29 is 14.7 Å². The van der Waals surface area contributed by atoms with Crippen LogP contribution in [0.5, 0.6) is 0 Å². The van der Waals surface area contributed by atoms with Crippen LogP contribution in [0.3, 0.4) is 0 Å². The molecular formula is C18H40N6O3. The molecule has 0 saturated carbocycles. The van der Waals surface area contributed by atoms with Gasteiger partial charge in [-0.05, 0) is 66.8 Å². The maximum Gasteiger partial charge on any atom is 0.237 e. The molecule has 0 aromatic rings. The predicted molar refractivity (Wildman–Crippen MR) is 109 cm³/mol. The van der Waals surface area contributed by atoms with Crippen molar-refractivity contribution in [3.63, 3.8) is 0 Å². The SMILES string of the molecule is CNCCC[C@H](NC)C(=O)NCCCC[C@H](NC)C(=O)NCC(O)CNC. The number of amides is 2. The largest absolute Gasteiger partial charge is 0.390 e. The first-order chi connectivity index (χ1) is 13.0. The number of aliphatic hydroxyl groups excluding tert-OH is 1. The Kier molecular flexibility index (Phi) is 16.1. The number of rotatable bonds is 17. The Labute approximate surface area is 163 Å². The number of aliphatic hydroxyl groups is 1. The van der Waals surface area contributed by atoms with Crippen LogP contribution in [0, 0.1) is 0 Å². The van der Waals surface area contributed by atoms with E-state index in [-0.39, 0.29) is 30.4 Å². The van der Waals surface area contributed by atoms with Gasteiger partial charge in [0, 0.05) is 19.6 Å². The van der Waals surface area contributed by atoms with Gasteiger partial charge in [0.05, 0.1) is 18.2 Å². The summed E-state index contributed by atoms with van der Waals surface area (Å²) in [5.41, 5.74) is 0. The smallest absolute Gasteiger partial charge is 0.237 e. The molecule has 0 aliphatic carbocycles. The first-order valence-corrected chi connectivity index (χ1v) is 9.87. The molecule has 27 heavy (non-hydrogen) atoms. The summed E-state index contributed by atoms with van der Waals surface area (Å²) in [7, 11) is 7.20. The van der Waals surface area contributed by atoms with Gasteiger partial charge < -0.3 is 37.0 Å². The van der Waals surface area contributed by atoms with Crippen LogP contribution in [0.2, 0.25) is 0 Å². The first-order valence-electron chi connectivity index (χ1n) is 9.87. The second kappa shape index (κ2) is 16.9. The molecule has 2 amide bonds. The van der Waals surface area contributed by atoms with E-state index in [1.54, 1.807) is 21.1 Å². The third kappa shape index (κ3) is 12.7. The lowest BCUT2D eigenvalue weighted by Gasteiger charge is -2.18. The summed E-state index contributed by atoms with van der Waals surface area (Å²) in [6.45, 7) is 2.16. The van der Waals surface area contributed by atoms with E-state index in [1.165, 1.54) is 0 Å². The van der Waals surface area contributed by atoms with E-state index >= 15 is 0 Å². The number of unbranched alkanes of at least 4 members (excludes halogenated alkanes) is 1. The number of nitrogens with one attached hydrogen (secondary N) is 6. The standard InChI is InChI=1S/C18H40N6O3/c1-19-10-7-9-16(22-4)17(26)23-11-6-5-8-15(21-3)18(27)24-13-14(25)12-20-2/h14-16,19-22,25H,5-13H2,1-4H3,(H,23,26)(H,24,27)/t14?,15-,16-/m0/s1. The molecule has 0 saturated heterocycles. The predicted octanol–water partition coefficient (Wildman–Crippen LogP) is -1.85. The molecule has 9 nitrogen and oxygen atoms in total. The first kappa shape index (κ1) is 25.7. The van der Waals surface area contributed by atoms with E-state index in [9.17, 15) is 14.7 Å². The molecule has 0 aliphatic rings. The van der Waals surface area contributed by atoms with Crippen molar-refractivity contribution >= 4 is 11.8 Å². The van der Waals surface area contributed by atoms with Gasteiger partial charge in [0.1, 0.15) is 0 Å². The van der Waals surface area contributed by atoms with Crippen LogP contribution in [0.4, 0.5) is 0 Å². The Morgan fingerprint density at radius 1 is 0.741 bits per heavy atom. The lowest BCUT2D eigenvalue weighted by molar-refractivity contribution is -0.124. The zero-order chi connectivity index (χ0) is 20.5. The van der Waals surface area contributed by atoms with Crippen LogP contribution in [-0.2, 0) is 9.59 Å². The lowest BCUT2D eigenvalue weighted by Crippen LogP contribution is -2.46. The lowest BCUT2D eigenvalue weighted by atomic mass is 10.1. The van der Waals surface area contributed by atoms with E-state index in [1.807, 2.05) is 7.05 Å². The Morgan fingerprint density at radius 3 is 1.89 bits per heavy atom. The molecule has 3 atom stereocenters. The van der Waals surface area contributed by atoms with E-state index in [4.69, 9.17) is 0 Å². The minimum Gasteiger partial charge on any atom is -0.390 e. The zero-order valence-corrected chi connectivity index (χ0v) is 17.4. The second-order valence-electron chi connectivity index (χ2n) is 6.67. The molecule has 0 rings (SSSR count). The highest BCUT2D eigenvalue weighted by Crippen LogP contribution is 2.02. The van der Waals surface area contributed by atoms with Crippen LogP contribution in [0.25, 0.3) is 0 Å². The fourth-order valence-corrected chi connectivity index (χ4v) is 2.75. The van der Waals surface area contributed by atoms with E-state index in [0.717, 1.165) is 32.2 Å². The Bertz CT molecular complexity index is 397. The molecule has 0 aromatic heterocycles. The number of likely N-dealkylation sites (N-methyl/N-ethyl adjacent to an activating group) is 3. The highest BCUT2D eigenvalue weighted by atomic mass is 16.3. The van der Waals surface area contributed by atoms with Crippen molar-refractivity contribution in [3.8, 4) is 0 Å². The topological polar surface area (TPSA) is 127 Å². The normalized spacial score (nSPS) is 14.4. The molecule has 0 heterocycles. The van der Waals surface area contributed by atoms with Gasteiger partial charge in [-0.2, -0.15) is 0 Å². The minimum atomic E-state index is -0.597. The molecule has 0 fully saturated rings. The van der Waals surface area contributed by atoms with Gasteiger partial charge in [-0.3, -0.25) is 9.59 Å². The van der Waals surface area contributed by atoms with Gasteiger partial charge in [-0.25, -0.2) is 0 Å². The Hall–Kier alpha value is -1.26. The molecule has 160 valence electrons. The van der Waals surface area contributed by atoms with Gasteiger partial charge in [-0.1, -0.05) is 0 Å². The summed E-state index contributed by atoms with van der Waals surface area (Å²) in [6.07, 6.45) is 3.45. The number of hydrogen-bond donors (Lipinski definition) is 7. The van der Waals surface area contributed by atoms with Crippen LogP contribution in [-0.4, -0.2) is 89.5 Å². The highest BCUT2D eigenvalue weighted by molar-refractivity contribution is 5.82. The molecule has 7 N–H and O–H groups in total. The van der Waals surface area contributed by atoms with Crippen molar-refractivity contribution in [1.29, 1.82) is 0 Å². The fraction of sp³-hybridized carbons (Fsp3) is 0.889. The van der Waals surface area contributed by atoms with Crippen LogP contribution in [0.1, 0.15) is 32.1 Å². The van der Waals surface area contributed by atoms with Gasteiger partial charge in [-0.15, -0.1) is 0 Å². The molecule has 0 aliphatic heterocycles. The molecule has 9 heteroatoms. The molecule has 1 unspecified atom stereocenters. The molecule has 0 spiro atoms. The van der Waals surface area contributed by atoms with Crippen molar-refractivity contribution in [1.82, 2.24) is 31.9 Å². The molecule has 0 bridgehead atoms. The number of carbonyl (C=O) groups is 2. The van der Waals surface area contributed by atoms with Crippen LogP contribution >= 0.6 is 0 Å². The number of hydrogen-bond acceptors (Lipinski definition) is 7. The van der Waals surface area contributed by atoms with E-state index < -0.39 is 6.10 Å². The Morgan fingerprint density at radius 2 is 1.33 bits per heavy atom. The van der Waals surface area contributed by atoms with Gasteiger partial charge in [0.25, 0.3) is 0 Å². The van der Waals surface area contributed by atoms with E-state index in [0.29, 0.717) is 19.5 Å². The Balaban J connectivity index is 3.98. The van der Waals surface area contributed by atoms with Crippen LogP contribution in [0.15, 0.2) is 0 Å². The van der Waals surface area contributed by atoms with E-state index in [2.05, 4.69) is 31.9 Å². The fourth-order valence-electron chi connectivity index (χ4n) is 2.75. The van der Waals surface area contributed by atoms with Gasteiger partial charge >= 0.3 is 0 Å². The maximum atomic E-state index is 12.1. The third-order valence-corrected chi connectivity index (χ3v) is 4.42. The summed E-state index contributed by atoms with van der Waals surface area (Å²) < 4.78 is 0. The average Bonchev–Trinajstić information content (AvgIpc) is 2.66. The highest BCUT2D eigenvalue weighted by Gasteiger charge is 2.17. The summed E-state index contributed by atoms with van der Waals surface area (Å²) >= 11 is 0. The minimum absolute atomic E-state index is 0.0232. The van der Waals surface area contributed by atoms with Crippen molar-refractivity contribution in [2.75, 3.05) is 54.4 Å². The zero-order valence-electron chi connectivity index (χ0n) is 17.4. The summed E-state index contributed by atoms with van der Waals surface area (Å²) in [5, 5.41) is 27.3. The van der Waals surface area contributed by atoms with Crippen LogP contribution < -0.4 is 31.9 Å². The quantitative estimate of drug-likeness (QED) is 0.146. The maximum absolute atomic E-state index is 12.1. The van der Waals surface area contributed by atoms with Gasteiger partial charge in [0.2, 0.25) is 11.8 Å². The average molecular weight is 389 g/mol. The third-order valence-electron chi connectivity index (χ3n) is 4.42. The second-order valence-corrected chi connectivity index (χ2v) is 6.67. The summed E-state index contributed by atoms with van der Waals surface area (Å²) in [6, 6.07) is -0.465. The van der Waals surface area contributed by atoms with Crippen molar-refractivity contribution in [2.24, 2.45) is 0 Å². The monoisotopic (exact) mass is 388 g/mol. The summed E-state index contributed by atoms with van der Waals surface area (Å²) in [4.78, 5) is 24.3. The number of carbonyl (C=O) groups excluding carboxylic acids is 2.